The van der Waals surface area contributed by atoms with Crippen molar-refractivity contribution in [2.75, 3.05) is 13.7 Å². The molecule has 0 aliphatic rings. The minimum absolute atomic E-state index is 0.0166. The molecule has 8 nitrogen and oxygen atoms in total. The summed E-state index contributed by atoms with van der Waals surface area (Å²) in [4.78, 5) is 34.5. The van der Waals surface area contributed by atoms with Crippen molar-refractivity contribution in [3.8, 4) is 5.88 Å². The number of methoxy groups -OCH3 is 1. The van der Waals surface area contributed by atoms with Gasteiger partial charge in [0.2, 0.25) is 5.88 Å². The number of nitrogens with zero attached hydrogens (tertiary/aromatic N) is 2. The average molecular weight is 320 g/mol. The van der Waals surface area contributed by atoms with Crippen molar-refractivity contribution in [3.63, 3.8) is 0 Å². The number of esters is 2. The third-order valence-corrected chi connectivity index (χ3v) is 3.08. The first-order valence-corrected chi connectivity index (χ1v) is 6.87. The van der Waals surface area contributed by atoms with Gasteiger partial charge in [0.25, 0.3) is 0 Å². The Labute approximate surface area is 131 Å². The number of fused-ring (bicyclic) bond motifs is 1. The van der Waals surface area contributed by atoms with Crippen molar-refractivity contribution in [2.45, 2.75) is 20.5 Å². The Balaban J connectivity index is 2.71. The Kier molecular flexibility index (Phi) is 4.95. The largest absolute Gasteiger partial charge is 0.481 e. The highest BCUT2D eigenvalue weighted by Gasteiger charge is 2.25. The van der Waals surface area contributed by atoms with Gasteiger partial charge < -0.3 is 14.2 Å². The van der Waals surface area contributed by atoms with Gasteiger partial charge in [-0.3, -0.25) is 9.59 Å². The standard InChI is InChI=1S/C15H16N2O6/c1-4-22-15(20)13-11(7-18)16-17-12(21-3)6-5-10(14(13)17)8-23-9(2)19/h5-7H,4,8H2,1-3H3. The van der Waals surface area contributed by atoms with Crippen LogP contribution in [0, 0.1) is 0 Å². The summed E-state index contributed by atoms with van der Waals surface area (Å²) in [5, 5.41) is 4.08. The molecule has 0 amide bonds. The molecule has 2 rings (SSSR count). The van der Waals surface area contributed by atoms with Crippen LogP contribution in [0.15, 0.2) is 12.1 Å². The molecule has 0 saturated carbocycles. The molecule has 0 saturated heterocycles. The fraction of sp³-hybridized carbons (Fsp3) is 0.333. The van der Waals surface area contributed by atoms with E-state index < -0.39 is 11.9 Å². The molecule has 8 heteroatoms. The predicted molar refractivity (Wildman–Crippen MR) is 78.6 cm³/mol. The molecule has 2 aromatic heterocycles. The van der Waals surface area contributed by atoms with Crippen LogP contribution in [0.3, 0.4) is 0 Å². The van der Waals surface area contributed by atoms with E-state index in [2.05, 4.69) is 5.10 Å². The zero-order chi connectivity index (χ0) is 17.0. The van der Waals surface area contributed by atoms with Gasteiger partial charge in [-0.25, -0.2) is 4.79 Å². The van der Waals surface area contributed by atoms with Gasteiger partial charge in [0.15, 0.2) is 6.29 Å². The first-order chi connectivity index (χ1) is 11.0. The van der Waals surface area contributed by atoms with E-state index in [1.165, 1.54) is 18.5 Å². The summed E-state index contributed by atoms with van der Waals surface area (Å²) in [5.74, 6) is -0.820. The number of carbonyl (C=O) groups excluding carboxylic acids is 3. The fourth-order valence-electron chi connectivity index (χ4n) is 2.15. The van der Waals surface area contributed by atoms with Crippen molar-refractivity contribution in [1.29, 1.82) is 0 Å². The molecule has 0 aromatic carbocycles. The van der Waals surface area contributed by atoms with Crippen LogP contribution < -0.4 is 4.74 Å². The number of hydrogen-bond donors (Lipinski definition) is 0. The number of aromatic nitrogens is 2. The highest BCUT2D eigenvalue weighted by molar-refractivity contribution is 6.04. The second kappa shape index (κ2) is 6.91. The summed E-state index contributed by atoms with van der Waals surface area (Å²) >= 11 is 0. The molecule has 122 valence electrons. The van der Waals surface area contributed by atoms with E-state index in [-0.39, 0.29) is 24.5 Å². The molecule has 0 spiro atoms. The highest BCUT2D eigenvalue weighted by Crippen LogP contribution is 2.26. The number of rotatable bonds is 6. The summed E-state index contributed by atoms with van der Waals surface area (Å²) < 4.78 is 16.5. The van der Waals surface area contributed by atoms with Crippen LogP contribution in [0.25, 0.3) is 5.52 Å². The number of ether oxygens (including phenoxy) is 3. The SMILES string of the molecule is CCOC(=O)c1c(C=O)nn2c(OC)ccc(COC(C)=O)c12. The topological polar surface area (TPSA) is 96.2 Å². The number of hydrogen-bond acceptors (Lipinski definition) is 7. The third kappa shape index (κ3) is 3.15. The van der Waals surface area contributed by atoms with Gasteiger partial charge in [0, 0.05) is 18.6 Å². The quantitative estimate of drug-likeness (QED) is 0.586. The molecule has 0 N–H and O–H groups in total. The lowest BCUT2D eigenvalue weighted by Crippen LogP contribution is -2.09. The molecule has 0 aliphatic heterocycles. The van der Waals surface area contributed by atoms with Crippen LogP contribution in [0.2, 0.25) is 0 Å². The second-order valence-electron chi connectivity index (χ2n) is 4.54. The Morgan fingerprint density at radius 2 is 2.04 bits per heavy atom. The molecule has 2 aromatic rings. The number of pyridine rings is 1. The van der Waals surface area contributed by atoms with Crippen molar-refractivity contribution in [1.82, 2.24) is 9.61 Å². The van der Waals surface area contributed by atoms with Gasteiger partial charge in [-0.15, -0.1) is 0 Å². The summed E-state index contributed by atoms with van der Waals surface area (Å²) in [7, 11) is 1.44. The monoisotopic (exact) mass is 320 g/mol. The maximum Gasteiger partial charge on any atom is 0.342 e. The van der Waals surface area contributed by atoms with Crippen LogP contribution in [0.4, 0.5) is 0 Å². The molecular formula is C15H16N2O6. The van der Waals surface area contributed by atoms with Gasteiger partial charge >= 0.3 is 11.9 Å². The third-order valence-electron chi connectivity index (χ3n) is 3.08. The minimum atomic E-state index is -0.679. The molecular weight excluding hydrogens is 304 g/mol. The van der Waals surface area contributed by atoms with Crippen LogP contribution in [-0.4, -0.2) is 41.6 Å². The van der Waals surface area contributed by atoms with Crippen molar-refractivity contribution < 1.29 is 28.6 Å². The first-order valence-electron chi connectivity index (χ1n) is 6.87. The summed E-state index contributed by atoms with van der Waals surface area (Å²) in [6, 6.07) is 3.23. The zero-order valence-electron chi connectivity index (χ0n) is 13.0. The molecule has 0 fully saturated rings. The molecule has 0 atom stereocenters. The van der Waals surface area contributed by atoms with Gasteiger partial charge in [-0.2, -0.15) is 9.61 Å². The lowest BCUT2D eigenvalue weighted by Gasteiger charge is -2.09. The molecule has 0 aliphatic carbocycles. The molecule has 2 heterocycles. The fourth-order valence-corrected chi connectivity index (χ4v) is 2.15. The van der Waals surface area contributed by atoms with E-state index in [4.69, 9.17) is 14.2 Å². The lowest BCUT2D eigenvalue weighted by atomic mass is 10.1. The first kappa shape index (κ1) is 16.5. The number of aldehydes is 1. The summed E-state index contributed by atoms with van der Waals surface area (Å²) in [6.07, 6.45) is 0.467. The average Bonchev–Trinajstić information content (AvgIpc) is 2.92. The van der Waals surface area contributed by atoms with Gasteiger partial charge in [-0.1, -0.05) is 0 Å². The maximum atomic E-state index is 12.2. The van der Waals surface area contributed by atoms with Gasteiger partial charge in [0.1, 0.15) is 17.9 Å². The van der Waals surface area contributed by atoms with E-state index in [0.29, 0.717) is 23.2 Å². The molecule has 0 bridgehead atoms. The van der Waals surface area contributed by atoms with E-state index in [1.54, 1.807) is 19.1 Å². The van der Waals surface area contributed by atoms with Crippen LogP contribution in [0.5, 0.6) is 5.88 Å². The van der Waals surface area contributed by atoms with Crippen LogP contribution in [0.1, 0.15) is 40.3 Å². The van der Waals surface area contributed by atoms with E-state index in [0.717, 1.165) is 0 Å². The van der Waals surface area contributed by atoms with E-state index in [1.807, 2.05) is 0 Å². The molecule has 0 radical (unpaired) electrons. The van der Waals surface area contributed by atoms with Crippen LogP contribution in [-0.2, 0) is 20.9 Å². The Hall–Kier alpha value is -2.90. The van der Waals surface area contributed by atoms with E-state index >= 15 is 0 Å². The van der Waals surface area contributed by atoms with Crippen LogP contribution >= 0.6 is 0 Å². The second-order valence-corrected chi connectivity index (χ2v) is 4.54. The normalized spacial score (nSPS) is 10.4. The van der Waals surface area contributed by atoms with E-state index in [9.17, 15) is 14.4 Å². The molecule has 23 heavy (non-hydrogen) atoms. The maximum absolute atomic E-state index is 12.2. The predicted octanol–water partition coefficient (Wildman–Crippen LogP) is 1.40. The summed E-state index contributed by atoms with van der Waals surface area (Å²) in [6.45, 7) is 3.02. The van der Waals surface area contributed by atoms with Crippen molar-refractivity contribution in [3.05, 3.63) is 29.0 Å². The van der Waals surface area contributed by atoms with Crippen molar-refractivity contribution >= 4 is 23.7 Å². The Bertz CT molecular complexity index is 765. The van der Waals surface area contributed by atoms with Crippen molar-refractivity contribution in [2.24, 2.45) is 0 Å². The van der Waals surface area contributed by atoms with Gasteiger partial charge in [-0.05, 0) is 13.0 Å². The number of carbonyl (C=O) groups is 3. The lowest BCUT2D eigenvalue weighted by molar-refractivity contribution is -0.142. The zero-order valence-corrected chi connectivity index (χ0v) is 13.0. The van der Waals surface area contributed by atoms with Gasteiger partial charge in [0.05, 0.1) is 19.2 Å². The smallest absolute Gasteiger partial charge is 0.342 e. The summed E-state index contributed by atoms with van der Waals surface area (Å²) in [5.41, 5.74) is 0.760. The highest BCUT2D eigenvalue weighted by atomic mass is 16.5. The Morgan fingerprint density at radius 1 is 1.30 bits per heavy atom. The molecule has 0 unspecified atom stereocenters. The minimum Gasteiger partial charge on any atom is -0.481 e. The Morgan fingerprint density at radius 3 is 2.61 bits per heavy atom.